The Labute approximate surface area is 75.3 Å². The molecule has 2 rings (SSSR count). The Hall–Kier alpha value is -0.0800. The van der Waals surface area contributed by atoms with E-state index in [9.17, 15) is 0 Å². The molecule has 2 fully saturated rings. The summed E-state index contributed by atoms with van der Waals surface area (Å²) in [6.45, 7) is 7.18. The van der Waals surface area contributed by atoms with Gasteiger partial charge in [-0.1, -0.05) is 13.8 Å². The van der Waals surface area contributed by atoms with E-state index >= 15 is 0 Å². The van der Waals surface area contributed by atoms with Gasteiger partial charge in [-0.05, 0) is 31.1 Å². The number of rotatable bonds is 1. The van der Waals surface area contributed by atoms with Crippen LogP contribution >= 0.6 is 0 Å². The van der Waals surface area contributed by atoms with Gasteiger partial charge >= 0.3 is 0 Å². The molecule has 0 bridgehead atoms. The van der Waals surface area contributed by atoms with Crippen molar-refractivity contribution in [2.75, 3.05) is 13.1 Å². The molecule has 0 aromatic carbocycles. The first-order chi connectivity index (χ1) is 5.77. The summed E-state index contributed by atoms with van der Waals surface area (Å²) in [7, 11) is 0. The molecule has 2 aliphatic heterocycles. The van der Waals surface area contributed by atoms with Gasteiger partial charge in [0.25, 0.3) is 0 Å². The Kier molecular flexibility index (Phi) is 2.37. The molecule has 0 aromatic heterocycles. The summed E-state index contributed by atoms with van der Waals surface area (Å²) >= 11 is 0. The predicted octanol–water partition coefficient (Wildman–Crippen LogP) is 1.63. The third-order valence-corrected chi connectivity index (χ3v) is 3.48. The lowest BCUT2D eigenvalue weighted by Gasteiger charge is -2.36. The van der Waals surface area contributed by atoms with Crippen LogP contribution in [0.15, 0.2) is 0 Å². The Balaban J connectivity index is 1.92. The van der Waals surface area contributed by atoms with E-state index in [0.29, 0.717) is 0 Å². The molecule has 0 aromatic rings. The van der Waals surface area contributed by atoms with E-state index in [1.807, 2.05) is 0 Å². The largest absolute Gasteiger partial charge is 0.255 e. The second-order valence-electron chi connectivity index (χ2n) is 4.58. The van der Waals surface area contributed by atoms with Gasteiger partial charge in [-0.2, -0.15) is 0 Å². The van der Waals surface area contributed by atoms with Crippen LogP contribution in [-0.2, 0) is 0 Å². The smallest absolute Gasteiger partial charge is 0.0256 e. The molecule has 70 valence electrons. The third-order valence-electron chi connectivity index (χ3n) is 3.48. The minimum Gasteiger partial charge on any atom is -0.255 e. The van der Waals surface area contributed by atoms with Gasteiger partial charge in [-0.25, -0.2) is 5.01 Å². The van der Waals surface area contributed by atoms with Crippen LogP contribution < -0.4 is 5.43 Å². The van der Waals surface area contributed by atoms with Crippen molar-refractivity contribution in [2.24, 2.45) is 11.8 Å². The molecular weight excluding hydrogens is 148 g/mol. The zero-order valence-corrected chi connectivity index (χ0v) is 8.21. The topological polar surface area (TPSA) is 15.3 Å². The number of nitrogens with one attached hydrogen (secondary N) is 1. The van der Waals surface area contributed by atoms with Crippen molar-refractivity contribution in [3.8, 4) is 0 Å². The fraction of sp³-hybridized carbons (Fsp3) is 1.00. The normalized spacial score (nSPS) is 37.2. The van der Waals surface area contributed by atoms with Crippen LogP contribution in [0.2, 0.25) is 0 Å². The lowest BCUT2D eigenvalue weighted by atomic mass is 9.86. The number of hydrogen-bond donors (Lipinski definition) is 1. The fourth-order valence-electron chi connectivity index (χ4n) is 2.47. The average molecular weight is 168 g/mol. The molecule has 2 atom stereocenters. The second kappa shape index (κ2) is 3.35. The van der Waals surface area contributed by atoms with Crippen LogP contribution in [0, 0.1) is 11.8 Å². The minimum atomic E-state index is 0.855. The Morgan fingerprint density at radius 2 is 2.08 bits per heavy atom. The molecule has 2 heteroatoms. The van der Waals surface area contributed by atoms with Crippen molar-refractivity contribution in [1.29, 1.82) is 0 Å². The van der Waals surface area contributed by atoms with E-state index in [1.165, 1.54) is 32.4 Å². The zero-order valence-electron chi connectivity index (χ0n) is 8.21. The summed E-state index contributed by atoms with van der Waals surface area (Å²) in [6.07, 6.45) is 4.22. The first-order valence-electron chi connectivity index (χ1n) is 5.27. The van der Waals surface area contributed by atoms with Gasteiger partial charge in [0.15, 0.2) is 0 Å². The van der Waals surface area contributed by atoms with Crippen molar-refractivity contribution in [2.45, 2.75) is 39.2 Å². The summed E-state index contributed by atoms with van der Waals surface area (Å²) in [5.41, 5.74) is 3.48. The first kappa shape index (κ1) is 8.52. The van der Waals surface area contributed by atoms with Gasteiger partial charge in [0, 0.05) is 19.1 Å². The van der Waals surface area contributed by atoms with E-state index in [4.69, 9.17) is 0 Å². The first-order valence-corrected chi connectivity index (χ1v) is 5.27. The van der Waals surface area contributed by atoms with E-state index in [-0.39, 0.29) is 0 Å². The highest BCUT2D eigenvalue weighted by Gasteiger charge is 2.32. The molecule has 2 nitrogen and oxygen atoms in total. The molecule has 0 radical (unpaired) electrons. The maximum absolute atomic E-state index is 3.48. The zero-order chi connectivity index (χ0) is 8.55. The summed E-state index contributed by atoms with van der Waals surface area (Å²) in [5, 5.41) is 2.48. The lowest BCUT2D eigenvalue weighted by Crippen LogP contribution is -2.45. The van der Waals surface area contributed by atoms with E-state index in [1.54, 1.807) is 0 Å². The van der Waals surface area contributed by atoms with E-state index in [0.717, 1.165) is 17.9 Å². The van der Waals surface area contributed by atoms with Gasteiger partial charge in [0.2, 0.25) is 0 Å². The van der Waals surface area contributed by atoms with E-state index in [2.05, 4.69) is 24.3 Å². The summed E-state index contributed by atoms with van der Waals surface area (Å²) in [5.74, 6) is 1.78. The van der Waals surface area contributed by atoms with Crippen molar-refractivity contribution in [3.05, 3.63) is 0 Å². The molecule has 12 heavy (non-hydrogen) atoms. The lowest BCUT2D eigenvalue weighted by molar-refractivity contribution is 0.0827. The summed E-state index contributed by atoms with van der Waals surface area (Å²) in [4.78, 5) is 0. The Morgan fingerprint density at radius 1 is 1.25 bits per heavy atom. The van der Waals surface area contributed by atoms with Gasteiger partial charge in [0.1, 0.15) is 0 Å². The van der Waals surface area contributed by atoms with Crippen LogP contribution in [0.1, 0.15) is 33.1 Å². The highest BCUT2D eigenvalue weighted by molar-refractivity contribution is 4.84. The predicted molar refractivity (Wildman–Crippen MR) is 50.7 cm³/mol. The molecule has 0 amide bonds. The highest BCUT2D eigenvalue weighted by Crippen LogP contribution is 2.29. The van der Waals surface area contributed by atoms with Crippen LogP contribution in [0.25, 0.3) is 0 Å². The van der Waals surface area contributed by atoms with Crippen molar-refractivity contribution in [1.82, 2.24) is 10.4 Å². The van der Waals surface area contributed by atoms with Crippen LogP contribution in [-0.4, -0.2) is 24.1 Å². The van der Waals surface area contributed by atoms with Crippen molar-refractivity contribution < 1.29 is 0 Å². The maximum atomic E-state index is 3.48. The fourth-order valence-corrected chi connectivity index (χ4v) is 2.47. The molecule has 0 saturated carbocycles. The molecule has 0 spiro atoms. The number of hydrogen-bond acceptors (Lipinski definition) is 2. The molecule has 0 aliphatic carbocycles. The molecule has 2 aliphatic rings. The van der Waals surface area contributed by atoms with Crippen LogP contribution in [0.3, 0.4) is 0 Å². The molecule has 2 unspecified atom stereocenters. The molecule has 2 heterocycles. The third kappa shape index (κ3) is 1.50. The minimum absolute atomic E-state index is 0.855. The van der Waals surface area contributed by atoms with Crippen LogP contribution in [0.5, 0.6) is 0 Å². The van der Waals surface area contributed by atoms with E-state index < -0.39 is 0 Å². The second-order valence-corrected chi connectivity index (χ2v) is 4.58. The Morgan fingerprint density at radius 3 is 2.83 bits per heavy atom. The Bertz CT molecular complexity index is 156. The number of fused-ring (bicyclic) bond motifs is 1. The number of piperidine rings is 1. The maximum Gasteiger partial charge on any atom is 0.0256 e. The van der Waals surface area contributed by atoms with Crippen molar-refractivity contribution in [3.63, 3.8) is 0 Å². The van der Waals surface area contributed by atoms with Crippen molar-refractivity contribution >= 4 is 0 Å². The SMILES string of the molecule is CC(C)C1CCC2CCNN2C1. The van der Waals surface area contributed by atoms with Gasteiger partial charge in [-0.3, -0.25) is 5.43 Å². The molecule has 1 N–H and O–H groups in total. The van der Waals surface area contributed by atoms with Crippen LogP contribution in [0.4, 0.5) is 0 Å². The molecule has 2 saturated heterocycles. The highest BCUT2D eigenvalue weighted by atomic mass is 15.5. The van der Waals surface area contributed by atoms with Gasteiger partial charge < -0.3 is 0 Å². The summed E-state index contributed by atoms with van der Waals surface area (Å²) in [6, 6.07) is 0.861. The molecular formula is C10H20N2. The number of hydrazine groups is 1. The van der Waals surface area contributed by atoms with Gasteiger partial charge in [-0.15, -0.1) is 0 Å². The number of nitrogens with zero attached hydrogens (tertiary/aromatic N) is 1. The monoisotopic (exact) mass is 168 g/mol. The quantitative estimate of drug-likeness (QED) is 0.640. The standard InChI is InChI=1S/C10H20N2/c1-8(2)9-3-4-10-5-6-11-12(10)7-9/h8-11H,3-7H2,1-2H3. The summed E-state index contributed by atoms with van der Waals surface area (Å²) < 4.78 is 0. The van der Waals surface area contributed by atoms with Gasteiger partial charge in [0.05, 0.1) is 0 Å². The average Bonchev–Trinajstić information content (AvgIpc) is 2.49.